The molecule has 0 aromatic heterocycles. The average Bonchev–Trinajstić information content (AvgIpc) is 2.70. The SMILES string of the molecule is Cc1cc(Cc2cc(Oc3c(I)cc(CC(N)C(=O)O)cc3I)ccc2O)ccc1O. The van der Waals surface area contributed by atoms with Gasteiger partial charge in [-0.05, 0) is 112 Å². The zero-order valence-corrected chi connectivity index (χ0v) is 20.9. The van der Waals surface area contributed by atoms with Crippen molar-refractivity contribution in [3.63, 3.8) is 0 Å². The van der Waals surface area contributed by atoms with Gasteiger partial charge < -0.3 is 25.8 Å². The summed E-state index contributed by atoms with van der Waals surface area (Å²) in [7, 11) is 0. The summed E-state index contributed by atoms with van der Waals surface area (Å²) in [5.41, 5.74) is 8.92. The molecule has 0 radical (unpaired) electrons. The van der Waals surface area contributed by atoms with Crippen molar-refractivity contribution < 1.29 is 24.9 Å². The van der Waals surface area contributed by atoms with Gasteiger partial charge in [-0.15, -0.1) is 0 Å². The summed E-state index contributed by atoms with van der Waals surface area (Å²) in [5, 5.41) is 29.0. The van der Waals surface area contributed by atoms with Crippen molar-refractivity contribution in [2.75, 3.05) is 0 Å². The van der Waals surface area contributed by atoms with Gasteiger partial charge >= 0.3 is 5.97 Å². The summed E-state index contributed by atoms with van der Waals surface area (Å²) in [5.74, 6) is 0.605. The van der Waals surface area contributed by atoms with Crippen LogP contribution in [0.15, 0.2) is 48.5 Å². The Bertz CT molecular complexity index is 1110. The third kappa shape index (κ3) is 6.01. The molecule has 3 aromatic carbocycles. The Labute approximate surface area is 207 Å². The molecule has 0 saturated carbocycles. The van der Waals surface area contributed by atoms with Gasteiger partial charge in [0.05, 0.1) is 7.14 Å². The summed E-state index contributed by atoms with van der Waals surface area (Å²) in [6, 6.07) is 13.2. The maximum absolute atomic E-state index is 11.0. The van der Waals surface area contributed by atoms with Crippen LogP contribution in [0.5, 0.6) is 23.0 Å². The molecular formula is C23H21I2NO5. The summed E-state index contributed by atoms with van der Waals surface area (Å²) in [6.45, 7) is 1.83. The number of carbonyl (C=O) groups is 1. The van der Waals surface area contributed by atoms with Crippen LogP contribution in [0, 0.1) is 14.1 Å². The third-order valence-electron chi connectivity index (χ3n) is 4.76. The topological polar surface area (TPSA) is 113 Å². The second kappa shape index (κ2) is 10.0. The second-order valence-electron chi connectivity index (χ2n) is 7.23. The molecule has 0 saturated heterocycles. The third-order valence-corrected chi connectivity index (χ3v) is 6.36. The van der Waals surface area contributed by atoms with Gasteiger partial charge in [-0.1, -0.05) is 12.1 Å². The van der Waals surface area contributed by atoms with Gasteiger partial charge in [-0.3, -0.25) is 4.79 Å². The molecule has 0 heterocycles. The van der Waals surface area contributed by atoms with Crippen molar-refractivity contribution in [2.24, 2.45) is 5.73 Å². The number of hydrogen-bond donors (Lipinski definition) is 4. The quantitative estimate of drug-likeness (QED) is 0.271. The van der Waals surface area contributed by atoms with Crippen molar-refractivity contribution in [1.29, 1.82) is 0 Å². The van der Waals surface area contributed by atoms with E-state index in [1.54, 1.807) is 24.3 Å². The Balaban J connectivity index is 1.83. The monoisotopic (exact) mass is 645 g/mol. The van der Waals surface area contributed by atoms with Crippen LogP contribution in [0.1, 0.15) is 22.3 Å². The fraction of sp³-hybridized carbons (Fsp3) is 0.174. The molecule has 3 aromatic rings. The maximum Gasteiger partial charge on any atom is 0.320 e. The van der Waals surface area contributed by atoms with Gasteiger partial charge in [0, 0.05) is 12.0 Å². The number of phenols is 2. The van der Waals surface area contributed by atoms with Crippen LogP contribution in [-0.2, 0) is 17.6 Å². The predicted molar refractivity (Wildman–Crippen MR) is 135 cm³/mol. The minimum absolute atomic E-state index is 0.167. The number of halogens is 2. The number of aromatic hydroxyl groups is 2. The minimum atomic E-state index is -1.04. The standard InChI is InChI=1S/C23H21I2NO5/c1-12-6-13(2-4-20(12)27)7-15-11-16(3-5-21(15)28)31-22-17(24)8-14(9-18(22)25)10-19(26)23(29)30/h2-6,8-9,11,19,27-28H,7,10,26H2,1H3,(H,29,30). The number of phenolic OH excluding ortho intramolecular Hbond substituents is 2. The van der Waals surface area contributed by atoms with E-state index in [1.165, 1.54) is 0 Å². The van der Waals surface area contributed by atoms with Gasteiger partial charge in [-0.25, -0.2) is 0 Å². The molecule has 6 nitrogen and oxygen atoms in total. The molecule has 0 aliphatic heterocycles. The first kappa shape index (κ1) is 23.6. The van der Waals surface area contributed by atoms with Crippen LogP contribution >= 0.6 is 45.2 Å². The first-order valence-corrected chi connectivity index (χ1v) is 11.5. The summed E-state index contributed by atoms with van der Waals surface area (Å²) >= 11 is 4.30. The number of aryl methyl sites for hydroxylation is 1. The lowest BCUT2D eigenvalue weighted by Crippen LogP contribution is -2.32. The first-order valence-electron chi connectivity index (χ1n) is 9.38. The van der Waals surface area contributed by atoms with E-state index in [0.717, 1.165) is 23.8 Å². The molecule has 0 fully saturated rings. The Kier molecular flexibility index (Phi) is 7.65. The summed E-state index contributed by atoms with van der Waals surface area (Å²) < 4.78 is 7.78. The van der Waals surface area contributed by atoms with Crippen LogP contribution in [0.3, 0.4) is 0 Å². The number of hydrogen-bond acceptors (Lipinski definition) is 5. The van der Waals surface area contributed by atoms with E-state index in [0.29, 0.717) is 23.5 Å². The smallest absolute Gasteiger partial charge is 0.320 e. The molecule has 1 unspecified atom stereocenters. The van der Waals surface area contributed by atoms with Crippen LogP contribution in [0.25, 0.3) is 0 Å². The Hall–Kier alpha value is -2.05. The van der Waals surface area contributed by atoms with E-state index in [2.05, 4.69) is 45.2 Å². The zero-order chi connectivity index (χ0) is 22.7. The molecule has 1 atom stereocenters. The number of carboxylic acids is 1. The number of nitrogens with two attached hydrogens (primary N) is 1. The van der Waals surface area contributed by atoms with E-state index in [-0.39, 0.29) is 17.9 Å². The lowest BCUT2D eigenvalue weighted by atomic mass is 10.0. The molecule has 31 heavy (non-hydrogen) atoms. The van der Waals surface area contributed by atoms with Crippen LogP contribution in [0.4, 0.5) is 0 Å². The lowest BCUT2D eigenvalue weighted by Gasteiger charge is -2.15. The molecule has 3 rings (SSSR count). The van der Waals surface area contributed by atoms with E-state index >= 15 is 0 Å². The van der Waals surface area contributed by atoms with Gasteiger partial charge in [-0.2, -0.15) is 0 Å². The minimum Gasteiger partial charge on any atom is -0.508 e. The highest BCUT2D eigenvalue weighted by Crippen LogP contribution is 2.35. The van der Waals surface area contributed by atoms with Gasteiger partial charge in [0.15, 0.2) is 5.75 Å². The average molecular weight is 645 g/mol. The van der Waals surface area contributed by atoms with Crippen LogP contribution in [0.2, 0.25) is 0 Å². The highest BCUT2D eigenvalue weighted by atomic mass is 127. The van der Waals surface area contributed by atoms with Crippen molar-refractivity contribution in [1.82, 2.24) is 0 Å². The summed E-state index contributed by atoms with van der Waals surface area (Å²) in [4.78, 5) is 11.0. The number of ether oxygens (including phenoxy) is 1. The molecule has 0 bridgehead atoms. The lowest BCUT2D eigenvalue weighted by molar-refractivity contribution is -0.138. The number of rotatable bonds is 7. The normalized spacial score (nSPS) is 11.9. The molecule has 0 spiro atoms. The number of benzene rings is 3. The molecule has 5 N–H and O–H groups in total. The van der Waals surface area contributed by atoms with Gasteiger partial charge in [0.25, 0.3) is 0 Å². The highest BCUT2D eigenvalue weighted by molar-refractivity contribution is 14.1. The number of carboxylic acid groups (broad SMARTS) is 1. The zero-order valence-electron chi connectivity index (χ0n) is 16.6. The fourth-order valence-corrected chi connectivity index (χ4v) is 5.22. The molecular weight excluding hydrogens is 624 g/mol. The predicted octanol–water partition coefficient (Wildman–Crippen LogP) is 4.95. The largest absolute Gasteiger partial charge is 0.508 e. The van der Waals surface area contributed by atoms with E-state index in [9.17, 15) is 15.0 Å². The van der Waals surface area contributed by atoms with Crippen molar-refractivity contribution >= 4 is 51.2 Å². The Morgan fingerprint density at radius 2 is 1.65 bits per heavy atom. The van der Waals surface area contributed by atoms with Crippen molar-refractivity contribution in [3.8, 4) is 23.0 Å². The van der Waals surface area contributed by atoms with Gasteiger partial charge in [0.1, 0.15) is 23.3 Å². The molecule has 8 heteroatoms. The number of aliphatic carboxylic acids is 1. The van der Waals surface area contributed by atoms with Crippen LogP contribution < -0.4 is 10.5 Å². The van der Waals surface area contributed by atoms with E-state index < -0.39 is 12.0 Å². The molecule has 0 amide bonds. The van der Waals surface area contributed by atoms with E-state index in [4.69, 9.17) is 15.6 Å². The molecule has 0 aliphatic carbocycles. The maximum atomic E-state index is 11.0. The first-order chi connectivity index (χ1) is 14.6. The Morgan fingerprint density at radius 1 is 1.00 bits per heavy atom. The van der Waals surface area contributed by atoms with Crippen LogP contribution in [-0.4, -0.2) is 27.3 Å². The fourth-order valence-electron chi connectivity index (χ4n) is 3.10. The van der Waals surface area contributed by atoms with E-state index in [1.807, 2.05) is 31.2 Å². The van der Waals surface area contributed by atoms with Crippen molar-refractivity contribution in [2.45, 2.75) is 25.8 Å². The second-order valence-corrected chi connectivity index (χ2v) is 9.55. The van der Waals surface area contributed by atoms with Crippen molar-refractivity contribution in [3.05, 3.63) is 77.9 Å². The molecule has 162 valence electrons. The Morgan fingerprint density at radius 3 is 2.26 bits per heavy atom. The van der Waals surface area contributed by atoms with Gasteiger partial charge in [0.2, 0.25) is 0 Å². The highest BCUT2D eigenvalue weighted by Gasteiger charge is 2.16. The summed E-state index contributed by atoms with van der Waals surface area (Å²) in [6.07, 6.45) is 0.724. The molecule has 0 aliphatic rings.